The number of rotatable bonds is 6. The van der Waals surface area contributed by atoms with Gasteiger partial charge in [0.1, 0.15) is 0 Å². The van der Waals surface area contributed by atoms with Gasteiger partial charge >= 0.3 is 5.69 Å². The quantitative estimate of drug-likeness (QED) is 0.673. The van der Waals surface area contributed by atoms with Crippen LogP contribution in [0.5, 0.6) is 0 Å². The van der Waals surface area contributed by atoms with Crippen LogP contribution in [0.2, 0.25) is 0 Å². The highest BCUT2D eigenvalue weighted by atomic mass is 32.2. The average Bonchev–Trinajstić information content (AvgIpc) is 3.60. The molecule has 2 aromatic heterocycles. The van der Waals surface area contributed by atoms with Crippen LogP contribution >= 0.6 is 0 Å². The topological polar surface area (TPSA) is 125 Å². The SMILES string of the molecule is CCS(=O)(=O)N1CCN(C(=O)c2cc(C3CC3)nc3c2c(=O)[nH]c(=O)n3CC(C)C)CC1. The molecular formula is C21H29N5O5S. The molecule has 0 bridgehead atoms. The van der Waals surface area contributed by atoms with E-state index in [1.54, 1.807) is 17.9 Å². The Bertz CT molecular complexity index is 1270. The van der Waals surface area contributed by atoms with Crippen LogP contribution in [0.3, 0.4) is 0 Å². The molecule has 1 saturated heterocycles. The van der Waals surface area contributed by atoms with E-state index < -0.39 is 21.3 Å². The molecule has 11 heteroatoms. The molecule has 0 unspecified atom stereocenters. The number of sulfonamides is 1. The van der Waals surface area contributed by atoms with Crippen molar-refractivity contribution in [1.29, 1.82) is 0 Å². The first-order valence-electron chi connectivity index (χ1n) is 11.1. The minimum atomic E-state index is -3.32. The van der Waals surface area contributed by atoms with Crippen LogP contribution in [0.25, 0.3) is 11.0 Å². The fourth-order valence-electron chi connectivity index (χ4n) is 4.11. The number of carbonyl (C=O) groups is 1. The van der Waals surface area contributed by atoms with Crippen molar-refractivity contribution in [2.75, 3.05) is 31.9 Å². The molecule has 2 fully saturated rings. The summed E-state index contributed by atoms with van der Waals surface area (Å²) in [5.74, 6) is 0.0390. The lowest BCUT2D eigenvalue weighted by molar-refractivity contribution is 0.0699. The Kier molecular flexibility index (Phi) is 5.97. The number of aromatic nitrogens is 3. The van der Waals surface area contributed by atoms with Crippen molar-refractivity contribution in [3.63, 3.8) is 0 Å². The molecule has 10 nitrogen and oxygen atoms in total. The number of nitrogens with one attached hydrogen (secondary N) is 1. The first kappa shape index (κ1) is 22.7. The number of aromatic amines is 1. The van der Waals surface area contributed by atoms with Crippen molar-refractivity contribution in [2.24, 2.45) is 5.92 Å². The third-order valence-electron chi connectivity index (χ3n) is 6.03. The van der Waals surface area contributed by atoms with Crippen LogP contribution in [0.15, 0.2) is 15.7 Å². The molecule has 1 saturated carbocycles. The molecule has 1 aliphatic carbocycles. The molecule has 32 heavy (non-hydrogen) atoms. The van der Waals surface area contributed by atoms with Crippen LogP contribution in [0.4, 0.5) is 0 Å². The second kappa shape index (κ2) is 8.43. The zero-order chi connectivity index (χ0) is 23.2. The van der Waals surface area contributed by atoms with Gasteiger partial charge in [0.25, 0.3) is 11.5 Å². The van der Waals surface area contributed by atoms with Crippen molar-refractivity contribution < 1.29 is 13.2 Å². The summed E-state index contributed by atoms with van der Waals surface area (Å²) in [5, 5.41) is 0.114. The van der Waals surface area contributed by atoms with Gasteiger partial charge in [-0.25, -0.2) is 18.2 Å². The third kappa shape index (κ3) is 4.23. The maximum Gasteiger partial charge on any atom is 0.330 e. The lowest BCUT2D eigenvalue weighted by Crippen LogP contribution is -2.51. The summed E-state index contributed by atoms with van der Waals surface area (Å²) in [7, 11) is -3.32. The average molecular weight is 464 g/mol. The zero-order valence-corrected chi connectivity index (χ0v) is 19.4. The number of piperazine rings is 1. The van der Waals surface area contributed by atoms with Gasteiger partial charge in [-0.05, 0) is 31.7 Å². The summed E-state index contributed by atoms with van der Waals surface area (Å²) in [4.78, 5) is 47.4. The van der Waals surface area contributed by atoms with Gasteiger partial charge in [0.05, 0.1) is 16.7 Å². The summed E-state index contributed by atoms with van der Waals surface area (Å²) in [5.41, 5.74) is 0.0224. The van der Waals surface area contributed by atoms with E-state index in [4.69, 9.17) is 0 Å². The highest BCUT2D eigenvalue weighted by molar-refractivity contribution is 7.89. The van der Waals surface area contributed by atoms with Crippen LogP contribution in [0.1, 0.15) is 55.6 Å². The predicted octanol–water partition coefficient (Wildman–Crippen LogP) is 0.726. The first-order chi connectivity index (χ1) is 15.1. The minimum absolute atomic E-state index is 0.0173. The molecule has 4 rings (SSSR count). The molecule has 0 radical (unpaired) electrons. The molecule has 0 atom stereocenters. The predicted molar refractivity (Wildman–Crippen MR) is 120 cm³/mol. The van der Waals surface area contributed by atoms with E-state index in [2.05, 4.69) is 9.97 Å². The summed E-state index contributed by atoms with van der Waals surface area (Å²) >= 11 is 0. The highest BCUT2D eigenvalue weighted by Gasteiger charge is 2.32. The first-order valence-corrected chi connectivity index (χ1v) is 12.7. The van der Waals surface area contributed by atoms with Gasteiger partial charge in [0, 0.05) is 44.3 Å². The van der Waals surface area contributed by atoms with Crippen molar-refractivity contribution >= 4 is 27.0 Å². The Labute approximate surface area is 186 Å². The molecule has 2 aromatic rings. The number of carbonyl (C=O) groups excluding carboxylic acids is 1. The van der Waals surface area contributed by atoms with E-state index in [0.29, 0.717) is 6.54 Å². The van der Waals surface area contributed by atoms with Crippen LogP contribution in [-0.4, -0.2) is 70.0 Å². The number of nitrogens with zero attached hydrogens (tertiary/aromatic N) is 4. The third-order valence-corrected chi connectivity index (χ3v) is 7.91. The molecule has 174 valence electrons. The number of hydrogen-bond donors (Lipinski definition) is 1. The van der Waals surface area contributed by atoms with Crippen molar-refractivity contribution in [3.8, 4) is 0 Å². The summed E-state index contributed by atoms with van der Waals surface area (Å²) < 4.78 is 27.1. The summed E-state index contributed by atoms with van der Waals surface area (Å²) in [6.45, 7) is 6.80. The minimum Gasteiger partial charge on any atom is -0.336 e. The van der Waals surface area contributed by atoms with E-state index in [1.807, 2.05) is 13.8 Å². The molecule has 1 amide bonds. The number of hydrogen-bond acceptors (Lipinski definition) is 6. The molecule has 3 heterocycles. The maximum atomic E-state index is 13.5. The molecule has 2 aliphatic rings. The maximum absolute atomic E-state index is 13.5. The molecule has 1 aliphatic heterocycles. The molecular weight excluding hydrogens is 434 g/mol. The van der Waals surface area contributed by atoms with E-state index in [-0.39, 0.29) is 66.3 Å². The Morgan fingerprint density at radius 3 is 2.41 bits per heavy atom. The number of fused-ring (bicyclic) bond motifs is 1. The number of amides is 1. The largest absolute Gasteiger partial charge is 0.336 e. The lowest BCUT2D eigenvalue weighted by Gasteiger charge is -2.34. The second-order valence-corrected chi connectivity index (χ2v) is 11.2. The monoisotopic (exact) mass is 463 g/mol. The van der Waals surface area contributed by atoms with E-state index in [1.165, 1.54) is 8.87 Å². The van der Waals surface area contributed by atoms with Gasteiger partial charge in [-0.15, -0.1) is 0 Å². The summed E-state index contributed by atoms with van der Waals surface area (Å²) in [6.07, 6.45) is 1.91. The Hall–Kier alpha value is -2.53. The van der Waals surface area contributed by atoms with Crippen LogP contribution < -0.4 is 11.2 Å². The smallest absolute Gasteiger partial charge is 0.330 e. The van der Waals surface area contributed by atoms with Gasteiger partial charge in [-0.2, -0.15) is 4.31 Å². The Balaban J connectivity index is 1.78. The Morgan fingerprint density at radius 2 is 1.84 bits per heavy atom. The van der Waals surface area contributed by atoms with Gasteiger partial charge in [-0.1, -0.05) is 13.8 Å². The van der Waals surface area contributed by atoms with E-state index in [0.717, 1.165) is 18.5 Å². The normalized spacial score (nSPS) is 17.9. The van der Waals surface area contributed by atoms with E-state index >= 15 is 0 Å². The van der Waals surface area contributed by atoms with Gasteiger partial charge in [0.15, 0.2) is 5.65 Å². The number of H-pyrrole nitrogens is 1. The molecule has 1 N–H and O–H groups in total. The molecule has 0 spiro atoms. The van der Waals surface area contributed by atoms with Crippen LogP contribution in [0, 0.1) is 5.92 Å². The summed E-state index contributed by atoms with van der Waals surface area (Å²) in [6, 6.07) is 1.68. The van der Waals surface area contributed by atoms with Gasteiger partial charge in [0.2, 0.25) is 10.0 Å². The standard InChI is InChI=1S/C21H29N5O5S/c1-4-32(30,31)25-9-7-24(8-10-25)20(28)15-11-16(14-5-6-14)22-18-17(15)19(27)23-21(29)26(18)12-13(2)3/h11,13-14H,4-10,12H2,1-3H3,(H,23,27,29). The van der Waals surface area contributed by atoms with E-state index in [9.17, 15) is 22.8 Å². The lowest BCUT2D eigenvalue weighted by atomic mass is 10.1. The van der Waals surface area contributed by atoms with Gasteiger partial charge < -0.3 is 4.90 Å². The highest BCUT2D eigenvalue weighted by Crippen LogP contribution is 2.40. The fraction of sp³-hybridized carbons (Fsp3) is 0.619. The zero-order valence-electron chi connectivity index (χ0n) is 18.6. The van der Waals surface area contributed by atoms with Crippen LogP contribution in [-0.2, 0) is 16.6 Å². The fourth-order valence-corrected chi connectivity index (χ4v) is 5.19. The number of pyridine rings is 1. The molecule has 0 aromatic carbocycles. The van der Waals surface area contributed by atoms with Gasteiger partial charge in [-0.3, -0.25) is 19.1 Å². The van der Waals surface area contributed by atoms with Crippen molar-refractivity contribution in [1.82, 2.24) is 23.7 Å². The van der Waals surface area contributed by atoms with Crippen molar-refractivity contribution in [3.05, 3.63) is 38.2 Å². The Morgan fingerprint density at radius 1 is 1.19 bits per heavy atom. The van der Waals surface area contributed by atoms with Crippen molar-refractivity contribution in [2.45, 2.75) is 46.1 Å². The second-order valence-electron chi connectivity index (χ2n) is 8.92.